The van der Waals surface area contributed by atoms with E-state index in [9.17, 15) is 9.90 Å². The van der Waals surface area contributed by atoms with Gasteiger partial charge in [-0.1, -0.05) is 265 Å². The minimum Gasteiger partial charge on any atom is -0.550 e. The van der Waals surface area contributed by atoms with Crippen LogP contribution in [0.25, 0.3) is 0 Å². The van der Waals surface area contributed by atoms with Crippen molar-refractivity contribution in [2.24, 2.45) is 0 Å². The molecule has 4 heteroatoms. The number of carboxylic acid groups (broad SMARTS) is 1. The Morgan fingerprint density at radius 3 is 0.759 bits per heavy atom. The van der Waals surface area contributed by atoms with Crippen molar-refractivity contribution in [2.45, 2.75) is 303 Å². The second-order valence-electron chi connectivity index (χ2n) is 17.4. The quantitative estimate of drug-likeness (QED) is 0.0457. The Morgan fingerprint density at radius 1 is 0.370 bits per heavy atom. The van der Waals surface area contributed by atoms with Gasteiger partial charge in [-0.25, -0.2) is 0 Å². The van der Waals surface area contributed by atoms with Crippen LogP contribution < -0.4 is 34.7 Å². The monoisotopic (exact) mass is 770 g/mol. The maximum absolute atomic E-state index is 11.2. The van der Waals surface area contributed by atoms with Crippen LogP contribution >= 0.6 is 0 Å². The average Bonchev–Trinajstić information content (AvgIpc) is 3.16. The van der Waals surface area contributed by atoms with Crippen molar-refractivity contribution in [3.63, 3.8) is 0 Å². The summed E-state index contributed by atoms with van der Waals surface area (Å²) >= 11 is 0. The van der Waals surface area contributed by atoms with Crippen molar-refractivity contribution in [1.29, 1.82) is 0 Å². The number of carbonyl (C=O) groups is 1. The van der Waals surface area contributed by atoms with E-state index in [4.69, 9.17) is 0 Å². The second kappa shape index (κ2) is 49.6. The Hall–Kier alpha value is 0.430. The van der Waals surface area contributed by atoms with Gasteiger partial charge in [-0.2, -0.15) is 0 Å². The molecule has 1 atom stereocenters. The summed E-state index contributed by atoms with van der Waals surface area (Å²) in [4.78, 5) is 13.9. The Kier molecular flexibility index (Phi) is 51.9. The van der Waals surface area contributed by atoms with Crippen LogP contribution in [0.5, 0.6) is 0 Å². The van der Waals surface area contributed by atoms with Gasteiger partial charge in [-0.05, 0) is 45.2 Å². The molecule has 0 aliphatic rings. The first-order valence-corrected chi connectivity index (χ1v) is 25.1. The zero-order chi connectivity index (χ0) is 38.6. The summed E-state index contributed by atoms with van der Waals surface area (Å²) in [6.07, 6.45) is 58.8. The van der Waals surface area contributed by atoms with Crippen LogP contribution in [0.2, 0.25) is 0 Å². The van der Waals surface area contributed by atoms with E-state index < -0.39 is 5.97 Å². The second-order valence-corrected chi connectivity index (χ2v) is 17.4. The van der Waals surface area contributed by atoms with Crippen molar-refractivity contribution >= 4 is 5.97 Å². The average molecular weight is 770 g/mol. The van der Waals surface area contributed by atoms with Crippen molar-refractivity contribution in [2.75, 3.05) is 13.1 Å². The number of rotatable bonds is 47. The van der Waals surface area contributed by atoms with E-state index in [-0.39, 0.29) is 36.0 Å². The van der Waals surface area contributed by atoms with Gasteiger partial charge in [-0.15, -0.1) is 0 Å². The maximum atomic E-state index is 11.2. The van der Waals surface area contributed by atoms with E-state index in [1.807, 2.05) is 0 Å². The van der Waals surface area contributed by atoms with Crippen LogP contribution in [0.1, 0.15) is 297 Å². The summed E-state index contributed by atoms with van der Waals surface area (Å²) in [5.41, 5.74) is 0. The summed E-state index contributed by atoms with van der Waals surface area (Å²) in [7, 11) is 0. The molecule has 0 bridgehead atoms. The van der Waals surface area contributed by atoms with Crippen molar-refractivity contribution in [1.82, 2.24) is 4.90 Å². The topological polar surface area (TPSA) is 43.4 Å². The number of hydrogen-bond acceptors (Lipinski definition) is 3. The molecule has 3 nitrogen and oxygen atoms in total. The van der Waals surface area contributed by atoms with Gasteiger partial charge in [0.25, 0.3) is 0 Å². The Morgan fingerprint density at radius 2 is 0.574 bits per heavy atom. The van der Waals surface area contributed by atoms with Crippen molar-refractivity contribution < 1.29 is 39.5 Å². The van der Waals surface area contributed by atoms with Gasteiger partial charge in [0.1, 0.15) is 0 Å². The zero-order valence-electron chi connectivity index (χ0n) is 38.2. The molecule has 0 amide bonds. The Bertz CT molecular complexity index is 644. The fraction of sp³-hybridized carbons (Fsp3) is 0.980. The standard InChI is InChI=1S/C50H101NO2.Na/c1-4-7-9-11-13-15-17-19-21-23-25-27-29-31-33-35-37-39-41-43-47-51(49(6-3)45-46-50(52)53)48-44-42-40-38-36-34-32-30-28-26-24-22-20-18-16-14-12-10-8-5-2;/h49H,4-48H2,1-3H3,(H,52,53);/q;+1/p-1. The van der Waals surface area contributed by atoms with Gasteiger partial charge >= 0.3 is 29.6 Å². The van der Waals surface area contributed by atoms with Gasteiger partial charge in [0.2, 0.25) is 0 Å². The normalized spacial score (nSPS) is 12.1. The zero-order valence-corrected chi connectivity index (χ0v) is 40.2. The van der Waals surface area contributed by atoms with E-state index in [0.717, 1.165) is 25.9 Å². The molecule has 0 aliphatic carbocycles. The largest absolute Gasteiger partial charge is 1.00 e. The number of nitrogens with zero attached hydrogens (tertiary/aromatic N) is 1. The maximum Gasteiger partial charge on any atom is 1.00 e. The molecule has 0 aromatic heterocycles. The van der Waals surface area contributed by atoms with E-state index in [1.165, 1.54) is 257 Å². The summed E-state index contributed by atoms with van der Waals surface area (Å²) in [6, 6.07) is 0.397. The first kappa shape index (κ1) is 56.5. The molecule has 0 rings (SSSR count). The van der Waals surface area contributed by atoms with Crippen LogP contribution in [0.3, 0.4) is 0 Å². The molecule has 1 unspecified atom stereocenters. The summed E-state index contributed by atoms with van der Waals surface area (Å²) in [5, 5.41) is 11.2. The van der Waals surface area contributed by atoms with E-state index in [0.29, 0.717) is 6.04 Å². The molecule has 0 aliphatic heterocycles. The third-order valence-electron chi connectivity index (χ3n) is 12.3. The van der Waals surface area contributed by atoms with Crippen molar-refractivity contribution in [3.8, 4) is 0 Å². The predicted molar refractivity (Wildman–Crippen MR) is 236 cm³/mol. The predicted octanol–water partition coefficient (Wildman–Crippen LogP) is 13.2. The third kappa shape index (κ3) is 45.1. The molecule has 0 aromatic carbocycles. The van der Waals surface area contributed by atoms with Gasteiger partial charge < -0.3 is 14.8 Å². The van der Waals surface area contributed by atoms with E-state index in [2.05, 4.69) is 25.7 Å². The van der Waals surface area contributed by atoms with Gasteiger partial charge in [-0.3, -0.25) is 0 Å². The van der Waals surface area contributed by atoms with E-state index >= 15 is 0 Å². The Labute approximate surface area is 364 Å². The molecule has 0 saturated carbocycles. The van der Waals surface area contributed by atoms with Gasteiger partial charge in [0.15, 0.2) is 0 Å². The fourth-order valence-electron chi connectivity index (χ4n) is 8.55. The van der Waals surface area contributed by atoms with Crippen LogP contribution in [-0.2, 0) is 4.79 Å². The molecule has 0 fully saturated rings. The van der Waals surface area contributed by atoms with Crippen molar-refractivity contribution in [3.05, 3.63) is 0 Å². The molecular weight excluding hydrogens is 670 g/mol. The number of carbonyl (C=O) groups excluding carboxylic acids is 1. The number of aliphatic carboxylic acids is 1. The molecular formula is C50H100NNaO2. The molecule has 54 heavy (non-hydrogen) atoms. The molecule has 0 heterocycles. The molecule has 318 valence electrons. The number of unbranched alkanes of at least 4 members (excludes halogenated alkanes) is 38. The summed E-state index contributed by atoms with van der Waals surface area (Å²) in [5.74, 6) is -0.888. The number of hydrogen-bond donors (Lipinski definition) is 0. The molecule has 0 spiro atoms. The third-order valence-corrected chi connectivity index (χ3v) is 12.3. The minimum atomic E-state index is -0.888. The van der Waals surface area contributed by atoms with Crippen LogP contribution in [0.15, 0.2) is 0 Å². The molecule has 0 aromatic rings. The molecule has 0 saturated heterocycles. The minimum absolute atomic E-state index is 0. The van der Waals surface area contributed by atoms with Gasteiger partial charge in [0.05, 0.1) is 0 Å². The van der Waals surface area contributed by atoms with Crippen LogP contribution in [-0.4, -0.2) is 30.0 Å². The van der Waals surface area contributed by atoms with Crippen LogP contribution in [0, 0.1) is 0 Å². The smallest absolute Gasteiger partial charge is 0.550 e. The SMILES string of the molecule is CCCCCCCCCCCCCCCCCCCCCCN(CCCCCCCCCCCCCCCCCCCCCC)C(CC)CCC(=O)[O-].[Na+]. The summed E-state index contributed by atoms with van der Waals surface area (Å²) < 4.78 is 0. The molecule has 0 N–H and O–H groups in total. The fourth-order valence-corrected chi connectivity index (χ4v) is 8.55. The van der Waals surface area contributed by atoms with Gasteiger partial charge in [0, 0.05) is 12.0 Å². The number of carboxylic acids is 1. The van der Waals surface area contributed by atoms with E-state index in [1.54, 1.807) is 0 Å². The van der Waals surface area contributed by atoms with Crippen LogP contribution in [0.4, 0.5) is 0 Å². The molecule has 0 radical (unpaired) electrons. The summed E-state index contributed by atoms with van der Waals surface area (Å²) in [6.45, 7) is 9.13. The first-order valence-electron chi connectivity index (χ1n) is 25.1. The first-order chi connectivity index (χ1) is 26.2. The Balaban J connectivity index is 0.